The number of rotatable bonds is 2. The second-order valence-corrected chi connectivity index (χ2v) is 5.06. The van der Waals surface area contributed by atoms with Crippen LogP contribution in [0, 0.1) is 11.8 Å². The first-order valence-corrected chi connectivity index (χ1v) is 5.90. The van der Waals surface area contributed by atoms with Gasteiger partial charge in [0.15, 0.2) is 0 Å². The predicted octanol–water partition coefficient (Wildman–Crippen LogP) is 1.57. The largest absolute Gasteiger partial charge is 0.406 e. The highest BCUT2D eigenvalue weighted by Gasteiger charge is 2.25. The van der Waals surface area contributed by atoms with Crippen LogP contribution in [0.4, 0.5) is 6.01 Å². The SMILES string of the molecule is CC1CC(C)CN(c2nnc(C(C)N)o2)C1. The Morgan fingerprint density at radius 2 is 1.94 bits per heavy atom. The van der Waals surface area contributed by atoms with E-state index >= 15 is 0 Å². The molecule has 2 rings (SSSR count). The summed E-state index contributed by atoms with van der Waals surface area (Å²) in [7, 11) is 0. The molecular formula is C11H20N4O. The summed E-state index contributed by atoms with van der Waals surface area (Å²) in [5, 5.41) is 8.02. The van der Waals surface area contributed by atoms with Gasteiger partial charge in [0.1, 0.15) is 0 Å². The van der Waals surface area contributed by atoms with E-state index in [4.69, 9.17) is 10.2 Å². The van der Waals surface area contributed by atoms with Gasteiger partial charge in [-0.2, -0.15) is 0 Å². The maximum absolute atomic E-state index is 5.70. The Bertz CT molecular complexity index is 340. The zero-order chi connectivity index (χ0) is 11.7. The topological polar surface area (TPSA) is 68.2 Å². The van der Waals surface area contributed by atoms with Crippen LogP contribution in [0.5, 0.6) is 0 Å². The highest BCUT2D eigenvalue weighted by atomic mass is 16.4. The van der Waals surface area contributed by atoms with Gasteiger partial charge in [-0.05, 0) is 25.2 Å². The molecule has 90 valence electrons. The van der Waals surface area contributed by atoms with Gasteiger partial charge in [0.05, 0.1) is 6.04 Å². The van der Waals surface area contributed by atoms with Gasteiger partial charge >= 0.3 is 6.01 Å². The van der Waals surface area contributed by atoms with Crippen LogP contribution in [0.3, 0.4) is 0 Å². The molecule has 1 aliphatic rings. The van der Waals surface area contributed by atoms with Gasteiger partial charge in [0.25, 0.3) is 0 Å². The van der Waals surface area contributed by atoms with Crippen molar-refractivity contribution in [1.82, 2.24) is 10.2 Å². The van der Waals surface area contributed by atoms with Crippen LogP contribution < -0.4 is 10.6 Å². The summed E-state index contributed by atoms with van der Waals surface area (Å²) in [5.74, 6) is 1.87. The molecule has 3 atom stereocenters. The zero-order valence-corrected chi connectivity index (χ0v) is 10.2. The van der Waals surface area contributed by atoms with Crippen LogP contribution >= 0.6 is 0 Å². The number of nitrogens with zero attached hydrogens (tertiary/aromatic N) is 3. The molecule has 1 aromatic rings. The molecule has 1 fully saturated rings. The molecule has 0 amide bonds. The van der Waals surface area contributed by atoms with E-state index in [0.717, 1.165) is 13.1 Å². The first-order chi connectivity index (χ1) is 7.56. The summed E-state index contributed by atoms with van der Waals surface area (Å²) in [6.07, 6.45) is 1.27. The fraction of sp³-hybridized carbons (Fsp3) is 0.818. The predicted molar refractivity (Wildman–Crippen MR) is 62.1 cm³/mol. The quantitative estimate of drug-likeness (QED) is 0.825. The molecule has 0 aromatic carbocycles. The highest BCUT2D eigenvalue weighted by Crippen LogP contribution is 2.25. The van der Waals surface area contributed by atoms with Crippen molar-refractivity contribution in [2.75, 3.05) is 18.0 Å². The molecule has 5 nitrogen and oxygen atoms in total. The third-order valence-corrected chi connectivity index (χ3v) is 2.96. The molecule has 2 N–H and O–H groups in total. The van der Waals surface area contributed by atoms with Crippen LogP contribution in [0.1, 0.15) is 39.1 Å². The number of aromatic nitrogens is 2. The van der Waals surface area contributed by atoms with Crippen LogP contribution in [-0.2, 0) is 0 Å². The molecule has 2 heterocycles. The minimum absolute atomic E-state index is 0.194. The first-order valence-electron chi connectivity index (χ1n) is 5.90. The lowest BCUT2D eigenvalue weighted by Gasteiger charge is -2.33. The molecule has 3 unspecified atom stereocenters. The minimum atomic E-state index is -0.194. The third kappa shape index (κ3) is 2.35. The van der Waals surface area contributed by atoms with Crippen LogP contribution in [0.25, 0.3) is 0 Å². The lowest BCUT2D eigenvalue weighted by Crippen LogP contribution is -2.38. The average Bonchev–Trinajstić information content (AvgIpc) is 2.64. The number of hydrogen-bond acceptors (Lipinski definition) is 5. The van der Waals surface area contributed by atoms with E-state index in [9.17, 15) is 0 Å². The van der Waals surface area contributed by atoms with E-state index in [1.807, 2.05) is 6.92 Å². The highest BCUT2D eigenvalue weighted by molar-refractivity contribution is 5.25. The zero-order valence-electron chi connectivity index (χ0n) is 10.2. The molecule has 1 saturated heterocycles. The second-order valence-electron chi connectivity index (χ2n) is 5.06. The van der Waals surface area contributed by atoms with Gasteiger partial charge in [0.2, 0.25) is 5.89 Å². The van der Waals surface area contributed by atoms with Crippen molar-refractivity contribution in [1.29, 1.82) is 0 Å². The summed E-state index contributed by atoms with van der Waals surface area (Å²) < 4.78 is 5.56. The number of piperidine rings is 1. The molecule has 0 bridgehead atoms. The molecule has 0 aliphatic carbocycles. The Morgan fingerprint density at radius 3 is 2.44 bits per heavy atom. The maximum Gasteiger partial charge on any atom is 0.318 e. The van der Waals surface area contributed by atoms with Gasteiger partial charge < -0.3 is 15.1 Å². The van der Waals surface area contributed by atoms with Crippen molar-refractivity contribution < 1.29 is 4.42 Å². The normalized spacial score (nSPS) is 28.1. The molecule has 1 aliphatic heterocycles. The van der Waals surface area contributed by atoms with Crippen molar-refractivity contribution in [2.45, 2.75) is 33.2 Å². The van der Waals surface area contributed by atoms with Crippen molar-refractivity contribution in [3.05, 3.63) is 5.89 Å². The summed E-state index contributed by atoms with van der Waals surface area (Å²) in [6, 6.07) is 0.423. The smallest absolute Gasteiger partial charge is 0.318 e. The average molecular weight is 224 g/mol. The monoisotopic (exact) mass is 224 g/mol. The Hall–Kier alpha value is -1.10. The van der Waals surface area contributed by atoms with Crippen molar-refractivity contribution >= 4 is 6.01 Å². The van der Waals surface area contributed by atoms with E-state index in [1.54, 1.807) is 0 Å². The summed E-state index contributed by atoms with van der Waals surface area (Å²) in [6.45, 7) is 8.34. The lowest BCUT2D eigenvalue weighted by molar-refractivity contribution is 0.336. The fourth-order valence-electron chi connectivity index (χ4n) is 2.36. The number of hydrogen-bond donors (Lipinski definition) is 1. The van der Waals surface area contributed by atoms with E-state index < -0.39 is 0 Å². The molecule has 16 heavy (non-hydrogen) atoms. The van der Waals surface area contributed by atoms with Crippen LogP contribution in [0.2, 0.25) is 0 Å². The molecule has 1 aromatic heterocycles. The summed E-state index contributed by atoms with van der Waals surface area (Å²) >= 11 is 0. The first kappa shape index (κ1) is 11.4. The van der Waals surface area contributed by atoms with E-state index in [1.165, 1.54) is 6.42 Å². The maximum atomic E-state index is 5.70. The Balaban J connectivity index is 2.10. The Labute approximate surface area is 96.0 Å². The van der Waals surface area contributed by atoms with Gasteiger partial charge in [0, 0.05) is 13.1 Å². The summed E-state index contributed by atoms with van der Waals surface area (Å²) in [5.41, 5.74) is 5.70. The number of anilines is 1. The minimum Gasteiger partial charge on any atom is -0.406 e. The van der Waals surface area contributed by atoms with Gasteiger partial charge in [-0.25, -0.2) is 0 Å². The Kier molecular flexibility index (Phi) is 3.14. The van der Waals surface area contributed by atoms with Gasteiger partial charge in [-0.3, -0.25) is 0 Å². The van der Waals surface area contributed by atoms with E-state index in [2.05, 4.69) is 28.9 Å². The van der Waals surface area contributed by atoms with Gasteiger partial charge in [-0.15, -0.1) is 5.10 Å². The van der Waals surface area contributed by atoms with E-state index in [-0.39, 0.29) is 6.04 Å². The van der Waals surface area contributed by atoms with E-state index in [0.29, 0.717) is 23.7 Å². The Morgan fingerprint density at radius 1 is 1.31 bits per heavy atom. The molecular weight excluding hydrogens is 204 g/mol. The van der Waals surface area contributed by atoms with Crippen molar-refractivity contribution in [2.24, 2.45) is 17.6 Å². The number of nitrogens with two attached hydrogens (primary N) is 1. The van der Waals surface area contributed by atoms with Crippen LogP contribution in [-0.4, -0.2) is 23.3 Å². The summed E-state index contributed by atoms with van der Waals surface area (Å²) in [4.78, 5) is 2.16. The second kappa shape index (κ2) is 4.41. The molecule has 0 spiro atoms. The van der Waals surface area contributed by atoms with Crippen LogP contribution in [0.15, 0.2) is 4.42 Å². The molecule has 0 saturated carbocycles. The molecule has 5 heteroatoms. The lowest BCUT2D eigenvalue weighted by atomic mass is 9.92. The standard InChI is InChI=1S/C11H20N4O/c1-7-4-8(2)6-15(5-7)11-14-13-10(16-11)9(3)12/h7-9H,4-6,12H2,1-3H3. The third-order valence-electron chi connectivity index (χ3n) is 2.96. The van der Waals surface area contributed by atoms with Crippen molar-refractivity contribution in [3.63, 3.8) is 0 Å². The van der Waals surface area contributed by atoms with Gasteiger partial charge in [-0.1, -0.05) is 18.9 Å². The molecule has 0 radical (unpaired) electrons. The fourth-order valence-corrected chi connectivity index (χ4v) is 2.36. The van der Waals surface area contributed by atoms with Crippen molar-refractivity contribution in [3.8, 4) is 0 Å².